The van der Waals surface area contributed by atoms with Crippen molar-refractivity contribution < 1.29 is 18.1 Å². The van der Waals surface area contributed by atoms with E-state index in [-0.39, 0.29) is 11.4 Å². The molecule has 1 N–H and O–H groups in total. The van der Waals surface area contributed by atoms with Gasteiger partial charge in [-0.25, -0.2) is 4.98 Å². The SMILES string of the molecule is O=[N+]([O-])c1ccccc1-c1csc(Nc2cccc(C(F)(F)F)c2)n1. The smallest absolute Gasteiger partial charge is 0.332 e. The number of anilines is 2. The third-order valence-corrected chi connectivity index (χ3v) is 4.08. The second-order valence-corrected chi connectivity index (χ2v) is 5.87. The van der Waals surface area contributed by atoms with Crippen molar-refractivity contribution in [3.8, 4) is 11.3 Å². The van der Waals surface area contributed by atoms with Gasteiger partial charge in [-0.15, -0.1) is 11.3 Å². The Bertz CT molecular complexity index is 925. The minimum Gasteiger partial charge on any atom is -0.332 e. The monoisotopic (exact) mass is 365 g/mol. The molecule has 0 fully saturated rings. The summed E-state index contributed by atoms with van der Waals surface area (Å²) in [4.78, 5) is 14.8. The number of rotatable bonds is 4. The number of nitro benzene ring substituents is 1. The van der Waals surface area contributed by atoms with Gasteiger partial charge in [0.1, 0.15) is 0 Å². The van der Waals surface area contributed by atoms with Crippen molar-refractivity contribution in [3.63, 3.8) is 0 Å². The average Bonchev–Trinajstić information content (AvgIpc) is 3.02. The van der Waals surface area contributed by atoms with Crippen molar-refractivity contribution in [2.24, 2.45) is 0 Å². The van der Waals surface area contributed by atoms with Crippen LogP contribution in [0.1, 0.15) is 5.56 Å². The first kappa shape index (κ1) is 16.9. The lowest BCUT2D eigenvalue weighted by molar-refractivity contribution is -0.384. The molecule has 2 aromatic carbocycles. The molecule has 5 nitrogen and oxygen atoms in total. The molecule has 1 heterocycles. The lowest BCUT2D eigenvalue weighted by Gasteiger charge is -2.08. The predicted molar refractivity (Wildman–Crippen MR) is 88.9 cm³/mol. The second-order valence-electron chi connectivity index (χ2n) is 5.02. The summed E-state index contributed by atoms with van der Waals surface area (Å²) >= 11 is 1.15. The zero-order chi connectivity index (χ0) is 18.0. The molecule has 0 unspecified atom stereocenters. The summed E-state index contributed by atoms with van der Waals surface area (Å²) < 4.78 is 38.2. The molecule has 0 atom stereocenters. The van der Waals surface area contributed by atoms with Gasteiger partial charge >= 0.3 is 6.18 Å². The Balaban J connectivity index is 1.87. The minimum atomic E-state index is -4.43. The van der Waals surface area contributed by atoms with Gasteiger partial charge in [-0.05, 0) is 24.3 Å². The largest absolute Gasteiger partial charge is 0.416 e. The summed E-state index contributed by atoms with van der Waals surface area (Å²) in [7, 11) is 0. The Labute approximate surface area is 143 Å². The molecule has 0 spiro atoms. The number of alkyl halides is 3. The molecule has 3 rings (SSSR count). The number of thiazole rings is 1. The van der Waals surface area contributed by atoms with Crippen LogP contribution >= 0.6 is 11.3 Å². The fourth-order valence-corrected chi connectivity index (χ4v) is 2.93. The van der Waals surface area contributed by atoms with Crippen LogP contribution in [-0.4, -0.2) is 9.91 Å². The Morgan fingerprint density at radius 2 is 1.88 bits per heavy atom. The zero-order valence-electron chi connectivity index (χ0n) is 12.4. The van der Waals surface area contributed by atoms with E-state index in [1.54, 1.807) is 23.6 Å². The standard InChI is InChI=1S/C16H10F3N3O2S/c17-16(18,19)10-4-3-5-11(8-10)20-15-21-13(9-25-15)12-6-1-2-7-14(12)22(23)24/h1-9H,(H,20,21). The number of hydrogen-bond donors (Lipinski definition) is 1. The van der Waals surface area contributed by atoms with Gasteiger partial charge in [0.15, 0.2) is 5.13 Å². The molecule has 25 heavy (non-hydrogen) atoms. The number of benzene rings is 2. The van der Waals surface area contributed by atoms with Crippen LogP contribution < -0.4 is 5.32 Å². The summed E-state index contributed by atoms with van der Waals surface area (Å²) in [6.07, 6.45) is -4.43. The highest BCUT2D eigenvalue weighted by Gasteiger charge is 2.30. The van der Waals surface area contributed by atoms with Crippen LogP contribution in [0.2, 0.25) is 0 Å². The molecule has 0 saturated heterocycles. The van der Waals surface area contributed by atoms with E-state index < -0.39 is 16.7 Å². The summed E-state index contributed by atoms with van der Waals surface area (Å²) in [5, 5.41) is 15.8. The maximum Gasteiger partial charge on any atom is 0.416 e. The molecule has 128 valence electrons. The molecular weight excluding hydrogens is 355 g/mol. The van der Waals surface area contributed by atoms with Gasteiger partial charge in [-0.2, -0.15) is 13.2 Å². The van der Waals surface area contributed by atoms with E-state index in [4.69, 9.17) is 0 Å². The van der Waals surface area contributed by atoms with Crippen LogP contribution in [0, 0.1) is 10.1 Å². The lowest BCUT2D eigenvalue weighted by Crippen LogP contribution is -2.05. The number of nitrogens with zero attached hydrogens (tertiary/aromatic N) is 2. The van der Waals surface area contributed by atoms with Crippen LogP contribution in [-0.2, 0) is 6.18 Å². The second kappa shape index (κ2) is 6.52. The first-order valence-corrected chi connectivity index (χ1v) is 7.86. The Morgan fingerprint density at radius 1 is 1.12 bits per heavy atom. The van der Waals surface area contributed by atoms with E-state index in [0.29, 0.717) is 16.4 Å². The normalized spacial score (nSPS) is 11.3. The summed E-state index contributed by atoms with van der Waals surface area (Å²) in [6.45, 7) is 0. The molecule has 0 radical (unpaired) electrons. The fraction of sp³-hybridized carbons (Fsp3) is 0.0625. The molecule has 0 amide bonds. The van der Waals surface area contributed by atoms with Gasteiger partial charge < -0.3 is 5.32 Å². The molecule has 0 aliphatic rings. The number of nitrogens with one attached hydrogen (secondary N) is 1. The van der Waals surface area contributed by atoms with E-state index in [9.17, 15) is 23.3 Å². The number of aromatic nitrogens is 1. The highest BCUT2D eigenvalue weighted by molar-refractivity contribution is 7.14. The van der Waals surface area contributed by atoms with E-state index in [2.05, 4.69) is 10.3 Å². The first-order chi connectivity index (χ1) is 11.8. The minimum absolute atomic E-state index is 0.0848. The Hall–Kier alpha value is -2.94. The van der Waals surface area contributed by atoms with Gasteiger partial charge in [0.05, 0.1) is 21.7 Å². The van der Waals surface area contributed by atoms with Crippen LogP contribution in [0.25, 0.3) is 11.3 Å². The van der Waals surface area contributed by atoms with E-state index in [0.717, 1.165) is 23.5 Å². The molecule has 1 aromatic heterocycles. The Morgan fingerprint density at radius 3 is 2.60 bits per heavy atom. The van der Waals surface area contributed by atoms with Crippen molar-refractivity contribution in [1.29, 1.82) is 0 Å². The van der Waals surface area contributed by atoms with E-state index in [1.165, 1.54) is 18.2 Å². The van der Waals surface area contributed by atoms with Crippen LogP contribution in [0.15, 0.2) is 53.9 Å². The number of para-hydroxylation sites is 1. The van der Waals surface area contributed by atoms with E-state index >= 15 is 0 Å². The first-order valence-electron chi connectivity index (χ1n) is 6.98. The molecule has 3 aromatic rings. The highest BCUT2D eigenvalue weighted by atomic mass is 32.1. The summed E-state index contributed by atoms with van der Waals surface area (Å²) in [5.74, 6) is 0. The third kappa shape index (κ3) is 3.77. The van der Waals surface area contributed by atoms with Gasteiger partial charge in [-0.3, -0.25) is 10.1 Å². The van der Waals surface area contributed by atoms with Crippen LogP contribution in [0.4, 0.5) is 29.7 Å². The van der Waals surface area contributed by atoms with E-state index in [1.807, 2.05) is 0 Å². The number of halogens is 3. The maximum absolute atomic E-state index is 12.7. The van der Waals surface area contributed by atoms with Crippen molar-refractivity contribution in [3.05, 3.63) is 69.6 Å². The van der Waals surface area contributed by atoms with Crippen molar-refractivity contribution in [2.75, 3.05) is 5.32 Å². The van der Waals surface area contributed by atoms with Gasteiger partial charge in [0, 0.05) is 17.1 Å². The Kier molecular flexibility index (Phi) is 4.41. The number of nitro groups is 1. The van der Waals surface area contributed by atoms with Crippen molar-refractivity contribution in [2.45, 2.75) is 6.18 Å². The van der Waals surface area contributed by atoms with Gasteiger partial charge in [-0.1, -0.05) is 18.2 Å². The van der Waals surface area contributed by atoms with Gasteiger partial charge in [0.25, 0.3) is 5.69 Å². The topological polar surface area (TPSA) is 68.1 Å². The molecule has 0 aliphatic carbocycles. The highest BCUT2D eigenvalue weighted by Crippen LogP contribution is 2.34. The molecule has 0 saturated carbocycles. The third-order valence-electron chi connectivity index (χ3n) is 3.32. The summed E-state index contributed by atoms with van der Waals surface area (Å²) in [6, 6.07) is 10.9. The molecule has 0 aliphatic heterocycles. The summed E-state index contributed by atoms with van der Waals surface area (Å²) in [5.41, 5.74) is 0.109. The lowest BCUT2D eigenvalue weighted by atomic mass is 10.1. The predicted octanol–water partition coefficient (Wildman–Crippen LogP) is 5.48. The molecule has 9 heteroatoms. The molecule has 0 bridgehead atoms. The van der Waals surface area contributed by atoms with Crippen molar-refractivity contribution >= 4 is 27.8 Å². The van der Waals surface area contributed by atoms with Crippen LogP contribution in [0.3, 0.4) is 0 Å². The fourth-order valence-electron chi connectivity index (χ4n) is 2.20. The van der Waals surface area contributed by atoms with Crippen molar-refractivity contribution in [1.82, 2.24) is 4.98 Å². The number of hydrogen-bond acceptors (Lipinski definition) is 5. The quantitative estimate of drug-likeness (QED) is 0.491. The zero-order valence-corrected chi connectivity index (χ0v) is 13.3. The van der Waals surface area contributed by atoms with Crippen LogP contribution in [0.5, 0.6) is 0 Å². The molecular formula is C16H10F3N3O2S. The van der Waals surface area contributed by atoms with Gasteiger partial charge in [0.2, 0.25) is 0 Å². The maximum atomic E-state index is 12.7. The average molecular weight is 365 g/mol.